The molecule has 2 fully saturated rings. The van der Waals surface area contributed by atoms with Gasteiger partial charge in [0.2, 0.25) is 0 Å². The molecule has 0 spiro atoms. The Morgan fingerprint density at radius 3 is 3.05 bits per heavy atom. The van der Waals surface area contributed by atoms with Gasteiger partial charge in [-0.3, -0.25) is 14.4 Å². The van der Waals surface area contributed by atoms with E-state index < -0.39 is 0 Å². The molecule has 1 aromatic rings. The molecule has 3 rings (SSSR count). The van der Waals surface area contributed by atoms with Gasteiger partial charge in [0.15, 0.2) is 5.69 Å². The van der Waals surface area contributed by atoms with Crippen LogP contribution in [0.5, 0.6) is 0 Å². The van der Waals surface area contributed by atoms with Crippen molar-refractivity contribution in [3.8, 4) is 0 Å². The molecular weight excluding hydrogens is 242 g/mol. The maximum Gasteiger partial charge on any atom is 0.276 e. The summed E-state index contributed by atoms with van der Waals surface area (Å²) in [6.07, 6.45) is 4.18. The Hall–Kier alpha value is -1.56. The SMILES string of the molecule is CCn1cc(N)c(C(=O)N2CCN3CCCC3C2)n1. The number of fused-ring (bicyclic) bond motifs is 1. The molecule has 104 valence electrons. The van der Waals surface area contributed by atoms with Crippen molar-refractivity contribution in [1.82, 2.24) is 19.6 Å². The van der Waals surface area contributed by atoms with Crippen LogP contribution in [-0.2, 0) is 6.54 Å². The number of hydrogen-bond donors (Lipinski definition) is 1. The fourth-order valence-corrected chi connectivity index (χ4v) is 3.09. The molecule has 0 radical (unpaired) electrons. The fourth-order valence-electron chi connectivity index (χ4n) is 3.09. The molecule has 0 saturated carbocycles. The number of nitrogens with zero attached hydrogens (tertiary/aromatic N) is 4. The van der Waals surface area contributed by atoms with Crippen LogP contribution in [0.2, 0.25) is 0 Å². The molecule has 6 nitrogen and oxygen atoms in total. The summed E-state index contributed by atoms with van der Waals surface area (Å²) < 4.78 is 1.72. The van der Waals surface area contributed by atoms with Gasteiger partial charge in [-0.1, -0.05) is 0 Å². The number of aromatic nitrogens is 2. The van der Waals surface area contributed by atoms with Gasteiger partial charge in [-0.2, -0.15) is 5.10 Å². The molecule has 3 heterocycles. The monoisotopic (exact) mass is 263 g/mol. The Labute approximate surface area is 113 Å². The van der Waals surface area contributed by atoms with Crippen LogP contribution in [-0.4, -0.2) is 57.7 Å². The first-order valence-electron chi connectivity index (χ1n) is 7.05. The lowest BCUT2D eigenvalue weighted by Gasteiger charge is -2.37. The van der Waals surface area contributed by atoms with Gasteiger partial charge in [0, 0.05) is 38.4 Å². The maximum absolute atomic E-state index is 12.5. The van der Waals surface area contributed by atoms with E-state index in [0.29, 0.717) is 17.4 Å². The number of anilines is 1. The van der Waals surface area contributed by atoms with Crippen LogP contribution in [0.15, 0.2) is 6.20 Å². The number of aryl methyl sites for hydroxylation is 1. The number of hydrogen-bond acceptors (Lipinski definition) is 4. The van der Waals surface area contributed by atoms with E-state index in [2.05, 4.69) is 10.00 Å². The third kappa shape index (κ3) is 2.20. The molecule has 2 aliphatic rings. The average molecular weight is 263 g/mol. The summed E-state index contributed by atoms with van der Waals surface area (Å²) in [5.74, 6) is -0.0174. The highest BCUT2D eigenvalue weighted by molar-refractivity contribution is 5.97. The van der Waals surface area contributed by atoms with Gasteiger partial charge in [-0.15, -0.1) is 0 Å². The minimum Gasteiger partial charge on any atom is -0.396 e. The lowest BCUT2D eigenvalue weighted by molar-refractivity contribution is 0.0566. The van der Waals surface area contributed by atoms with E-state index in [1.54, 1.807) is 10.9 Å². The molecule has 2 saturated heterocycles. The first kappa shape index (κ1) is 12.5. The summed E-state index contributed by atoms with van der Waals surface area (Å²) in [4.78, 5) is 16.9. The van der Waals surface area contributed by atoms with Crippen molar-refractivity contribution in [3.63, 3.8) is 0 Å². The second kappa shape index (κ2) is 4.85. The first-order valence-corrected chi connectivity index (χ1v) is 7.05. The zero-order valence-electron chi connectivity index (χ0n) is 11.4. The van der Waals surface area contributed by atoms with Gasteiger partial charge in [0.1, 0.15) is 0 Å². The highest BCUT2D eigenvalue weighted by atomic mass is 16.2. The normalized spacial score (nSPS) is 23.6. The van der Waals surface area contributed by atoms with Crippen LogP contribution < -0.4 is 5.73 Å². The Morgan fingerprint density at radius 2 is 2.32 bits per heavy atom. The summed E-state index contributed by atoms with van der Waals surface area (Å²) in [6.45, 7) is 6.47. The second-order valence-corrected chi connectivity index (χ2v) is 5.37. The van der Waals surface area contributed by atoms with Gasteiger partial charge in [-0.25, -0.2) is 0 Å². The number of piperazine rings is 1. The predicted molar refractivity (Wildman–Crippen MR) is 72.8 cm³/mol. The zero-order chi connectivity index (χ0) is 13.4. The standard InChI is InChI=1S/C13H21N5O/c1-2-18-9-11(14)12(15-18)13(19)17-7-6-16-5-3-4-10(16)8-17/h9-10H,2-8,14H2,1H3. The summed E-state index contributed by atoms with van der Waals surface area (Å²) in [7, 11) is 0. The summed E-state index contributed by atoms with van der Waals surface area (Å²) >= 11 is 0. The van der Waals surface area contributed by atoms with Crippen molar-refractivity contribution >= 4 is 11.6 Å². The van der Waals surface area contributed by atoms with E-state index in [1.165, 1.54) is 19.4 Å². The van der Waals surface area contributed by atoms with Gasteiger partial charge in [0.25, 0.3) is 5.91 Å². The molecular formula is C13H21N5O. The van der Waals surface area contributed by atoms with Crippen molar-refractivity contribution in [2.24, 2.45) is 0 Å². The van der Waals surface area contributed by atoms with Crippen molar-refractivity contribution in [1.29, 1.82) is 0 Å². The number of nitrogen functional groups attached to an aromatic ring is 1. The quantitative estimate of drug-likeness (QED) is 0.839. The third-order valence-corrected chi connectivity index (χ3v) is 4.19. The minimum atomic E-state index is -0.0174. The summed E-state index contributed by atoms with van der Waals surface area (Å²) in [5, 5.41) is 4.28. The summed E-state index contributed by atoms with van der Waals surface area (Å²) in [6, 6.07) is 0.534. The molecule has 6 heteroatoms. The van der Waals surface area contributed by atoms with Crippen molar-refractivity contribution in [3.05, 3.63) is 11.9 Å². The number of rotatable bonds is 2. The van der Waals surface area contributed by atoms with Crippen LogP contribution in [0.4, 0.5) is 5.69 Å². The largest absolute Gasteiger partial charge is 0.396 e. The van der Waals surface area contributed by atoms with Gasteiger partial charge in [-0.05, 0) is 26.3 Å². The van der Waals surface area contributed by atoms with Crippen molar-refractivity contribution in [2.75, 3.05) is 31.9 Å². The number of nitrogens with two attached hydrogens (primary N) is 1. The Balaban J connectivity index is 1.74. The Morgan fingerprint density at radius 1 is 1.47 bits per heavy atom. The Bertz CT molecular complexity index is 483. The van der Waals surface area contributed by atoms with E-state index in [-0.39, 0.29) is 5.91 Å². The van der Waals surface area contributed by atoms with Gasteiger partial charge < -0.3 is 10.6 Å². The van der Waals surface area contributed by atoms with E-state index in [4.69, 9.17) is 5.73 Å². The number of amides is 1. The van der Waals surface area contributed by atoms with Gasteiger partial charge in [0.05, 0.1) is 5.69 Å². The fraction of sp³-hybridized carbons (Fsp3) is 0.692. The molecule has 19 heavy (non-hydrogen) atoms. The molecule has 2 aliphatic heterocycles. The molecule has 0 aliphatic carbocycles. The number of carbonyl (C=O) groups excluding carboxylic acids is 1. The van der Waals surface area contributed by atoms with E-state index in [9.17, 15) is 4.79 Å². The topological polar surface area (TPSA) is 67.4 Å². The van der Waals surface area contributed by atoms with Crippen LogP contribution >= 0.6 is 0 Å². The molecule has 1 unspecified atom stereocenters. The molecule has 1 aromatic heterocycles. The average Bonchev–Trinajstić information content (AvgIpc) is 3.02. The Kier molecular flexibility index (Phi) is 3.18. The van der Waals surface area contributed by atoms with Crippen LogP contribution in [0, 0.1) is 0 Å². The number of carbonyl (C=O) groups is 1. The summed E-state index contributed by atoms with van der Waals surface area (Å²) in [5.41, 5.74) is 6.79. The predicted octanol–water partition coefficient (Wildman–Crippen LogP) is 0.405. The van der Waals surface area contributed by atoms with E-state index in [0.717, 1.165) is 26.2 Å². The van der Waals surface area contributed by atoms with E-state index >= 15 is 0 Å². The van der Waals surface area contributed by atoms with Crippen molar-refractivity contribution < 1.29 is 4.79 Å². The second-order valence-electron chi connectivity index (χ2n) is 5.37. The van der Waals surface area contributed by atoms with Crippen molar-refractivity contribution in [2.45, 2.75) is 32.4 Å². The first-order chi connectivity index (χ1) is 9.19. The maximum atomic E-state index is 12.5. The van der Waals surface area contributed by atoms with E-state index in [1.807, 2.05) is 11.8 Å². The molecule has 0 bridgehead atoms. The highest BCUT2D eigenvalue weighted by Crippen LogP contribution is 2.23. The van der Waals surface area contributed by atoms with Gasteiger partial charge >= 0.3 is 0 Å². The smallest absolute Gasteiger partial charge is 0.276 e. The lowest BCUT2D eigenvalue weighted by atomic mass is 10.1. The highest BCUT2D eigenvalue weighted by Gasteiger charge is 2.33. The van der Waals surface area contributed by atoms with Crippen LogP contribution in [0.3, 0.4) is 0 Å². The van der Waals surface area contributed by atoms with Crippen LogP contribution in [0.1, 0.15) is 30.3 Å². The third-order valence-electron chi connectivity index (χ3n) is 4.19. The molecule has 2 N–H and O–H groups in total. The molecule has 1 atom stereocenters. The molecule has 0 aromatic carbocycles. The van der Waals surface area contributed by atoms with Crippen LogP contribution in [0.25, 0.3) is 0 Å². The minimum absolute atomic E-state index is 0.0174. The lowest BCUT2D eigenvalue weighted by Crippen LogP contribution is -2.52. The zero-order valence-corrected chi connectivity index (χ0v) is 11.4. The molecule has 1 amide bonds.